The van der Waals surface area contributed by atoms with Gasteiger partial charge in [-0.25, -0.2) is 0 Å². The fraction of sp³-hybridized carbons (Fsp3) is 0.381. The molecule has 3 rings (SSSR count). The third-order valence-corrected chi connectivity index (χ3v) is 6.44. The van der Waals surface area contributed by atoms with Gasteiger partial charge in [0.05, 0.1) is 29.7 Å². The second kappa shape index (κ2) is 10.8. The number of aliphatic hydroxyl groups is 1. The largest absolute Gasteiger partial charge is 0.390 e. The summed E-state index contributed by atoms with van der Waals surface area (Å²) in [5.74, 6) is -0.492. The van der Waals surface area contributed by atoms with Gasteiger partial charge in [-0.1, -0.05) is 41.0 Å². The molecule has 1 aliphatic heterocycles. The molecule has 0 bridgehead atoms. The van der Waals surface area contributed by atoms with Crippen LogP contribution in [0.4, 0.5) is 0 Å². The van der Waals surface area contributed by atoms with Gasteiger partial charge in [-0.2, -0.15) is 8.42 Å². The van der Waals surface area contributed by atoms with E-state index in [0.29, 0.717) is 5.56 Å². The Labute approximate surface area is 191 Å². The first kappa shape index (κ1) is 24.6. The summed E-state index contributed by atoms with van der Waals surface area (Å²) in [6.45, 7) is 1.26. The number of aliphatic hydroxyl groups excluding tert-OH is 1. The molecule has 0 spiro atoms. The molecule has 2 aromatic carbocycles. The topological polar surface area (TPSA) is 160 Å². The van der Waals surface area contributed by atoms with E-state index in [2.05, 4.69) is 15.3 Å². The number of aryl methyl sites for hydroxylation is 1. The molecule has 0 unspecified atom stereocenters. The predicted molar refractivity (Wildman–Crippen MR) is 117 cm³/mol. The minimum absolute atomic E-state index is 0.0544. The normalized spacial score (nSPS) is 25.1. The van der Waals surface area contributed by atoms with Gasteiger partial charge in [0.25, 0.3) is 16.0 Å². The summed E-state index contributed by atoms with van der Waals surface area (Å²) in [4.78, 5) is 15.3. The van der Waals surface area contributed by atoms with Crippen LogP contribution in [0.1, 0.15) is 15.9 Å². The number of amides is 1. The number of hydrogen-bond donors (Lipinski definition) is 2. The Kier molecular flexibility index (Phi) is 8.03. The zero-order valence-electron chi connectivity index (χ0n) is 17.9. The summed E-state index contributed by atoms with van der Waals surface area (Å²) < 4.78 is 41.0. The lowest BCUT2D eigenvalue weighted by molar-refractivity contribution is -0.234. The molecule has 176 valence electrons. The van der Waals surface area contributed by atoms with Crippen molar-refractivity contribution >= 4 is 16.0 Å². The predicted octanol–water partition coefficient (Wildman–Crippen LogP) is 1.91. The molecule has 2 aromatic rings. The summed E-state index contributed by atoms with van der Waals surface area (Å²) in [6, 6.07) is 12.1. The smallest absolute Gasteiger partial charge is 0.297 e. The summed E-state index contributed by atoms with van der Waals surface area (Å²) in [5.41, 5.74) is 10.2. The molecule has 0 aromatic heterocycles. The van der Waals surface area contributed by atoms with E-state index in [1.165, 1.54) is 19.2 Å². The summed E-state index contributed by atoms with van der Waals surface area (Å²) in [7, 11) is -2.82. The van der Waals surface area contributed by atoms with Gasteiger partial charge in [0.15, 0.2) is 6.29 Å². The number of ether oxygens (including phenoxy) is 2. The van der Waals surface area contributed by atoms with Crippen LogP contribution in [0, 0.1) is 6.92 Å². The van der Waals surface area contributed by atoms with Crippen molar-refractivity contribution in [3.8, 4) is 0 Å². The van der Waals surface area contributed by atoms with Crippen molar-refractivity contribution in [3.05, 3.63) is 76.2 Å². The molecule has 0 aliphatic carbocycles. The molecule has 1 aliphatic rings. The highest BCUT2D eigenvalue weighted by Crippen LogP contribution is 2.26. The Morgan fingerprint density at radius 1 is 1.21 bits per heavy atom. The average Bonchev–Trinajstić information content (AvgIpc) is 2.81. The Morgan fingerprint density at radius 3 is 2.48 bits per heavy atom. The highest BCUT2D eigenvalue weighted by atomic mass is 32.2. The number of rotatable bonds is 8. The Balaban J connectivity index is 1.76. The average molecular weight is 477 g/mol. The maximum Gasteiger partial charge on any atom is 0.297 e. The maximum atomic E-state index is 12.6. The number of azide groups is 1. The van der Waals surface area contributed by atoms with Gasteiger partial charge >= 0.3 is 0 Å². The molecule has 1 fully saturated rings. The molecular formula is C21H24N4O7S. The second-order valence-corrected chi connectivity index (χ2v) is 9.00. The first-order chi connectivity index (χ1) is 15.8. The third kappa shape index (κ3) is 5.88. The van der Waals surface area contributed by atoms with Gasteiger partial charge in [-0.15, -0.1) is 0 Å². The maximum absolute atomic E-state index is 12.6. The van der Waals surface area contributed by atoms with Crippen LogP contribution in [-0.2, 0) is 23.8 Å². The lowest BCUT2D eigenvalue weighted by atomic mass is 9.94. The molecule has 2 N–H and O–H groups in total. The molecule has 1 heterocycles. The van der Waals surface area contributed by atoms with Crippen molar-refractivity contribution in [2.24, 2.45) is 5.11 Å². The first-order valence-corrected chi connectivity index (χ1v) is 11.4. The summed E-state index contributed by atoms with van der Waals surface area (Å²) >= 11 is 0. The summed E-state index contributed by atoms with van der Waals surface area (Å²) in [6.07, 6.45) is -3.84. The van der Waals surface area contributed by atoms with Gasteiger partial charge in [0.1, 0.15) is 6.10 Å². The Hall–Kier alpha value is -2.99. The van der Waals surface area contributed by atoms with Crippen LogP contribution in [0.3, 0.4) is 0 Å². The van der Waals surface area contributed by atoms with E-state index in [1.807, 2.05) is 6.92 Å². The van der Waals surface area contributed by atoms with Crippen molar-refractivity contribution in [2.45, 2.75) is 42.4 Å². The standard InChI is InChI=1S/C21H24N4O7S/c1-13-8-10-15(11-9-13)33(28,29)31-12-16-19(26)17(24-25-22)18(21(30-2)32-16)23-20(27)14-6-4-3-5-7-14/h3-11,16-19,21,26H,12H2,1-2H3,(H,23,27)/t16-,17+,18-,19-,21+/m0/s1. The molecule has 5 atom stereocenters. The van der Waals surface area contributed by atoms with Crippen LogP contribution in [0.5, 0.6) is 0 Å². The molecule has 0 radical (unpaired) electrons. The Bertz CT molecular complexity index is 1110. The molecular weight excluding hydrogens is 452 g/mol. The van der Waals surface area contributed by atoms with E-state index in [1.54, 1.807) is 42.5 Å². The van der Waals surface area contributed by atoms with Crippen LogP contribution < -0.4 is 5.32 Å². The molecule has 1 saturated heterocycles. The number of methoxy groups -OCH3 is 1. The molecule has 11 nitrogen and oxygen atoms in total. The van der Waals surface area contributed by atoms with Crippen molar-refractivity contribution < 1.29 is 32.0 Å². The number of nitrogens with zero attached hydrogens (tertiary/aromatic N) is 3. The zero-order valence-corrected chi connectivity index (χ0v) is 18.8. The number of benzene rings is 2. The summed E-state index contributed by atoms with van der Waals surface area (Å²) in [5, 5.41) is 17.0. The van der Waals surface area contributed by atoms with E-state index >= 15 is 0 Å². The van der Waals surface area contributed by atoms with E-state index in [4.69, 9.17) is 19.2 Å². The molecule has 0 saturated carbocycles. The van der Waals surface area contributed by atoms with Crippen LogP contribution in [0.2, 0.25) is 0 Å². The SMILES string of the molecule is CO[C@@H]1O[C@@H](COS(=O)(=O)c2ccc(C)cc2)[C@H](O)[C@H](N=[N+]=[N-])[C@@H]1NC(=O)c1ccccc1. The molecule has 33 heavy (non-hydrogen) atoms. The number of hydrogen-bond acceptors (Lipinski definition) is 8. The van der Waals surface area contributed by atoms with Crippen LogP contribution in [-0.4, -0.2) is 63.7 Å². The van der Waals surface area contributed by atoms with Gasteiger partial charge < -0.3 is 19.9 Å². The quantitative estimate of drug-likeness (QED) is 0.255. The van der Waals surface area contributed by atoms with Crippen LogP contribution in [0.15, 0.2) is 64.6 Å². The van der Waals surface area contributed by atoms with Gasteiger partial charge in [0, 0.05) is 17.6 Å². The van der Waals surface area contributed by atoms with Crippen LogP contribution >= 0.6 is 0 Å². The van der Waals surface area contributed by atoms with E-state index in [0.717, 1.165) is 5.56 Å². The zero-order chi connectivity index (χ0) is 24.0. The van der Waals surface area contributed by atoms with Crippen molar-refractivity contribution in [1.82, 2.24) is 5.32 Å². The van der Waals surface area contributed by atoms with Gasteiger partial charge in [-0.05, 0) is 36.7 Å². The first-order valence-electron chi connectivity index (χ1n) is 9.99. The van der Waals surface area contributed by atoms with Gasteiger partial charge in [0.2, 0.25) is 0 Å². The second-order valence-electron chi connectivity index (χ2n) is 7.38. The van der Waals surface area contributed by atoms with Crippen molar-refractivity contribution in [3.63, 3.8) is 0 Å². The highest BCUT2D eigenvalue weighted by molar-refractivity contribution is 7.86. The van der Waals surface area contributed by atoms with E-state index < -0.39 is 53.2 Å². The fourth-order valence-corrected chi connectivity index (χ4v) is 4.30. The number of carbonyl (C=O) groups is 1. The van der Waals surface area contributed by atoms with Crippen molar-refractivity contribution in [1.29, 1.82) is 0 Å². The lowest BCUT2D eigenvalue weighted by Gasteiger charge is -2.42. The Morgan fingerprint density at radius 2 is 1.88 bits per heavy atom. The minimum Gasteiger partial charge on any atom is -0.390 e. The molecule has 1 amide bonds. The van der Waals surface area contributed by atoms with Crippen molar-refractivity contribution in [2.75, 3.05) is 13.7 Å². The third-order valence-electron chi connectivity index (χ3n) is 5.15. The van der Waals surface area contributed by atoms with E-state index in [9.17, 15) is 18.3 Å². The lowest BCUT2D eigenvalue weighted by Crippen LogP contribution is -2.64. The number of carbonyl (C=O) groups excluding carboxylic acids is 1. The molecule has 12 heteroatoms. The van der Waals surface area contributed by atoms with Crippen LogP contribution in [0.25, 0.3) is 10.4 Å². The van der Waals surface area contributed by atoms with Gasteiger partial charge in [-0.3, -0.25) is 8.98 Å². The fourth-order valence-electron chi connectivity index (χ4n) is 3.38. The highest BCUT2D eigenvalue weighted by Gasteiger charge is 2.46. The monoisotopic (exact) mass is 476 g/mol. The van der Waals surface area contributed by atoms with E-state index in [-0.39, 0.29) is 4.90 Å². The number of nitrogens with one attached hydrogen (secondary N) is 1. The minimum atomic E-state index is -4.13.